The van der Waals surface area contributed by atoms with Crippen LogP contribution in [0.25, 0.3) is 11.3 Å². The molecule has 0 aliphatic heterocycles. The molecule has 5 nitrogen and oxygen atoms in total. The number of rotatable bonds is 5. The highest BCUT2D eigenvalue weighted by atomic mass is 35.5. The molecule has 94 valence electrons. The summed E-state index contributed by atoms with van der Waals surface area (Å²) >= 11 is 5.87. The maximum Gasteiger partial charge on any atom is 0.329 e. The highest BCUT2D eigenvalue weighted by Gasteiger charge is 2.07. The molecule has 2 aromatic rings. The second-order valence-electron chi connectivity index (χ2n) is 3.52. The lowest BCUT2D eigenvalue weighted by atomic mass is 10.2. The zero-order valence-electron chi connectivity index (χ0n) is 9.30. The Morgan fingerprint density at radius 1 is 1.50 bits per heavy atom. The van der Waals surface area contributed by atoms with E-state index in [1.54, 1.807) is 24.4 Å². The van der Waals surface area contributed by atoms with Crippen LogP contribution in [0, 0.1) is 0 Å². The van der Waals surface area contributed by atoms with Gasteiger partial charge in [0.1, 0.15) is 13.2 Å². The van der Waals surface area contributed by atoms with Gasteiger partial charge in [-0.25, -0.2) is 9.78 Å². The molecule has 0 radical (unpaired) electrons. The second-order valence-corrected chi connectivity index (χ2v) is 3.95. The molecule has 0 unspecified atom stereocenters. The number of nitrogens with zero attached hydrogens (tertiary/aromatic N) is 1. The van der Waals surface area contributed by atoms with Crippen molar-refractivity contribution in [3.05, 3.63) is 41.4 Å². The molecule has 18 heavy (non-hydrogen) atoms. The summed E-state index contributed by atoms with van der Waals surface area (Å²) in [6, 6.07) is 7.16. The lowest BCUT2D eigenvalue weighted by Crippen LogP contribution is -2.06. The number of aromatic nitrogens is 1. The van der Waals surface area contributed by atoms with Crippen LogP contribution in [0.5, 0.6) is 0 Å². The van der Waals surface area contributed by atoms with Crippen molar-refractivity contribution in [3.8, 4) is 11.3 Å². The molecule has 2 rings (SSSR count). The fourth-order valence-electron chi connectivity index (χ4n) is 1.38. The average molecular weight is 268 g/mol. The Morgan fingerprint density at radius 2 is 2.33 bits per heavy atom. The van der Waals surface area contributed by atoms with Gasteiger partial charge in [0, 0.05) is 10.6 Å². The van der Waals surface area contributed by atoms with Crippen LogP contribution in [0.3, 0.4) is 0 Å². The SMILES string of the molecule is O=C(O)COCc1ncc(-c2cccc(Cl)c2)o1. The predicted molar refractivity (Wildman–Crippen MR) is 64.2 cm³/mol. The summed E-state index contributed by atoms with van der Waals surface area (Å²) in [6.07, 6.45) is 1.55. The van der Waals surface area contributed by atoms with Crippen molar-refractivity contribution in [2.24, 2.45) is 0 Å². The zero-order chi connectivity index (χ0) is 13.0. The zero-order valence-corrected chi connectivity index (χ0v) is 10.1. The van der Waals surface area contributed by atoms with E-state index in [0.29, 0.717) is 16.7 Å². The third-order valence-electron chi connectivity index (χ3n) is 2.11. The normalized spacial score (nSPS) is 10.5. The topological polar surface area (TPSA) is 72.6 Å². The van der Waals surface area contributed by atoms with Gasteiger partial charge in [0.25, 0.3) is 0 Å². The van der Waals surface area contributed by atoms with Crippen LogP contribution in [0.2, 0.25) is 5.02 Å². The maximum absolute atomic E-state index is 10.3. The van der Waals surface area contributed by atoms with Gasteiger partial charge in [-0.05, 0) is 12.1 Å². The standard InChI is InChI=1S/C12H10ClNO4/c13-9-3-1-2-8(4-9)10-5-14-11(18-10)6-17-7-12(15)16/h1-5H,6-7H2,(H,15,16). The number of aliphatic carboxylic acids is 1. The minimum atomic E-state index is -1.03. The van der Waals surface area contributed by atoms with E-state index >= 15 is 0 Å². The Balaban J connectivity index is 2.04. The third-order valence-corrected chi connectivity index (χ3v) is 2.35. The van der Waals surface area contributed by atoms with Crippen LogP contribution < -0.4 is 0 Å². The van der Waals surface area contributed by atoms with Crippen molar-refractivity contribution in [1.29, 1.82) is 0 Å². The van der Waals surface area contributed by atoms with Crippen LogP contribution in [-0.2, 0) is 16.1 Å². The summed E-state index contributed by atoms with van der Waals surface area (Å²) < 4.78 is 10.3. The molecule has 1 N–H and O–H groups in total. The molecule has 0 atom stereocenters. The van der Waals surface area contributed by atoms with Crippen molar-refractivity contribution < 1.29 is 19.1 Å². The molecule has 0 saturated carbocycles. The van der Waals surface area contributed by atoms with E-state index < -0.39 is 5.97 Å². The smallest absolute Gasteiger partial charge is 0.329 e. The number of hydrogen-bond donors (Lipinski definition) is 1. The van der Waals surface area contributed by atoms with Gasteiger partial charge in [-0.2, -0.15) is 0 Å². The molecule has 0 amide bonds. The van der Waals surface area contributed by atoms with Gasteiger partial charge in [0.2, 0.25) is 5.89 Å². The first-order chi connectivity index (χ1) is 8.65. The molecule has 0 bridgehead atoms. The highest BCUT2D eigenvalue weighted by Crippen LogP contribution is 2.23. The van der Waals surface area contributed by atoms with Crippen LogP contribution in [0.4, 0.5) is 0 Å². The molecular weight excluding hydrogens is 258 g/mol. The van der Waals surface area contributed by atoms with Crippen molar-refractivity contribution in [1.82, 2.24) is 4.98 Å². The monoisotopic (exact) mass is 267 g/mol. The average Bonchev–Trinajstić information content (AvgIpc) is 2.77. The Labute approximate surface area is 108 Å². The third kappa shape index (κ3) is 3.32. The number of oxazole rings is 1. The van der Waals surface area contributed by atoms with Gasteiger partial charge < -0.3 is 14.3 Å². The molecule has 0 spiro atoms. The lowest BCUT2D eigenvalue weighted by molar-refractivity contribution is -0.142. The van der Waals surface area contributed by atoms with Crippen molar-refractivity contribution >= 4 is 17.6 Å². The van der Waals surface area contributed by atoms with Gasteiger partial charge in [0.15, 0.2) is 5.76 Å². The van der Waals surface area contributed by atoms with E-state index in [9.17, 15) is 4.79 Å². The Hall–Kier alpha value is -1.85. The minimum absolute atomic E-state index is 0.0207. The Morgan fingerprint density at radius 3 is 3.06 bits per heavy atom. The molecule has 1 aromatic heterocycles. The number of carboxylic acids is 1. The van der Waals surface area contributed by atoms with E-state index in [0.717, 1.165) is 5.56 Å². The Kier molecular flexibility index (Phi) is 3.96. The van der Waals surface area contributed by atoms with Crippen LogP contribution in [0.15, 0.2) is 34.9 Å². The largest absolute Gasteiger partial charge is 0.480 e. The molecular formula is C12H10ClNO4. The summed E-state index contributed by atoms with van der Waals surface area (Å²) in [7, 11) is 0. The number of hydrogen-bond acceptors (Lipinski definition) is 4. The van der Waals surface area contributed by atoms with Gasteiger partial charge in [-0.3, -0.25) is 0 Å². The first-order valence-electron chi connectivity index (χ1n) is 5.15. The molecule has 0 saturated heterocycles. The second kappa shape index (κ2) is 5.66. The van der Waals surface area contributed by atoms with Gasteiger partial charge >= 0.3 is 5.97 Å². The summed E-state index contributed by atoms with van der Waals surface area (Å²) in [4.78, 5) is 14.3. The van der Waals surface area contributed by atoms with Gasteiger partial charge in [-0.15, -0.1) is 0 Å². The predicted octanol–water partition coefficient (Wildman–Crippen LogP) is 2.60. The van der Waals surface area contributed by atoms with E-state index in [1.165, 1.54) is 0 Å². The van der Waals surface area contributed by atoms with E-state index in [1.807, 2.05) is 6.07 Å². The fraction of sp³-hybridized carbons (Fsp3) is 0.167. The van der Waals surface area contributed by atoms with E-state index in [2.05, 4.69) is 4.98 Å². The van der Waals surface area contributed by atoms with Gasteiger partial charge in [-0.1, -0.05) is 23.7 Å². The Bertz CT molecular complexity index is 553. The molecule has 0 aliphatic rings. The maximum atomic E-state index is 10.3. The number of carbonyl (C=O) groups is 1. The summed E-state index contributed by atoms with van der Waals surface area (Å²) in [5.74, 6) is -0.144. The van der Waals surface area contributed by atoms with Crippen molar-refractivity contribution in [2.75, 3.05) is 6.61 Å². The number of benzene rings is 1. The van der Waals surface area contributed by atoms with E-state index in [4.69, 9.17) is 25.9 Å². The van der Waals surface area contributed by atoms with Crippen LogP contribution in [0.1, 0.15) is 5.89 Å². The van der Waals surface area contributed by atoms with E-state index in [-0.39, 0.29) is 13.2 Å². The molecule has 6 heteroatoms. The summed E-state index contributed by atoms with van der Waals surface area (Å²) in [6.45, 7) is -0.359. The van der Waals surface area contributed by atoms with Gasteiger partial charge in [0.05, 0.1) is 6.20 Å². The molecule has 0 aliphatic carbocycles. The first-order valence-corrected chi connectivity index (χ1v) is 5.53. The number of carboxylic acid groups (broad SMARTS) is 1. The van der Waals surface area contributed by atoms with Crippen molar-refractivity contribution in [2.45, 2.75) is 6.61 Å². The number of ether oxygens (including phenoxy) is 1. The molecule has 0 fully saturated rings. The fourth-order valence-corrected chi connectivity index (χ4v) is 1.57. The van der Waals surface area contributed by atoms with Crippen LogP contribution >= 0.6 is 11.6 Å². The first kappa shape index (κ1) is 12.6. The quantitative estimate of drug-likeness (QED) is 0.901. The molecule has 1 aromatic carbocycles. The highest BCUT2D eigenvalue weighted by molar-refractivity contribution is 6.30. The minimum Gasteiger partial charge on any atom is -0.480 e. The molecule has 1 heterocycles. The number of halogens is 1. The summed E-state index contributed by atoms with van der Waals surface area (Å²) in [5, 5.41) is 9.02. The van der Waals surface area contributed by atoms with Crippen LogP contribution in [-0.4, -0.2) is 22.7 Å². The van der Waals surface area contributed by atoms with Crippen molar-refractivity contribution in [3.63, 3.8) is 0 Å². The summed E-state index contributed by atoms with van der Waals surface area (Å²) in [5.41, 5.74) is 0.805. The lowest BCUT2D eigenvalue weighted by Gasteiger charge is -1.97.